The van der Waals surface area contributed by atoms with Crippen LogP contribution in [0.1, 0.15) is 15.9 Å². The Bertz CT molecular complexity index is 1240. The smallest absolute Gasteiger partial charge is 0.261 e. The van der Waals surface area contributed by atoms with E-state index in [2.05, 4.69) is 20.0 Å². The normalized spacial score (nSPS) is 11.3. The monoisotopic (exact) mass is 406 g/mol. The van der Waals surface area contributed by atoms with Crippen LogP contribution < -0.4 is 10.0 Å². The molecule has 7 nitrogen and oxygen atoms in total. The third kappa shape index (κ3) is 4.12. The predicted octanol–water partition coefficient (Wildman–Crippen LogP) is 3.92. The van der Waals surface area contributed by atoms with E-state index in [-0.39, 0.29) is 10.8 Å². The first kappa shape index (κ1) is 18.7. The molecule has 0 aliphatic rings. The zero-order valence-electron chi connectivity index (χ0n) is 15.5. The van der Waals surface area contributed by atoms with Crippen LogP contribution >= 0.6 is 0 Å². The maximum atomic E-state index is 12.5. The van der Waals surface area contributed by atoms with Crippen molar-refractivity contribution in [2.45, 2.75) is 11.8 Å². The number of para-hydroxylation sites is 2. The van der Waals surface area contributed by atoms with E-state index in [0.717, 1.165) is 16.6 Å². The molecule has 0 aliphatic carbocycles. The first-order chi connectivity index (χ1) is 13.9. The van der Waals surface area contributed by atoms with E-state index in [1.807, 2.05) is 43.3 Å². The minimum atomic E-state index is -3.75. The van der Waals surface area contributed by atoms with Gasteiger partial charge in [-0.15, -0.1) is 0 Å². The summed E-state index contributed by atoms with van der Waals surface area (Å²) in [6.45, 7) is 1.92. The minimum absolute atomic E-state index is 0.0679. The molecular formula is C21H18N4O3S. The Morgan fingerprint density at radius 2 is 1.62 bits per heavy atom. The number of carbonyl (C=O) groups excluding carboxylic acids is 1. The van der Waals surface area contributed by atoms with E-state index in [4.69, 9.17) is 0 Å². The van der Waals surface area contributed by atoms with Gasteiger partial charge < -0.3 is 4.98 Å². The maximum absolute atomic E-state index is 12.5. The van der Waals surface area contributed by atoms with Crippen LogP contribution in [0.25, 0.3) is 11.0 Å². The van der Waals surface area contributed by atoms with Crippen LogP contribution in [0.5, 0.6) is 0 Å². The first-order valence-electron chi connectivity index (χ1n) is 8.86. The summed E-state index contributed by atoms with van der Waals surface area (Å²) < 4.78 is 27.6. The molecule has 0 bridgehead atoms. The average molecular weight is 406 g/mol. The Labute approximate surface area is 167 Å². The number of benzene rings is 3. The molecule has 0 aliphatic heterocycles. The second kappa shape index (κ2) is 7.40. The number of nitrogens with one attached hydrogen (secondary N) is 3. The number of anilines is 2. The van der Waals surface area contributed by atoms with Gasteiger partial charge in [0.2, 0.25) is 5.95 Å². The molecule has 1 heterocycles. The number of nitrogens with zero attached hydrogens (tertiary/aromatic N) is 1. The number of imidazole rings is 1. The summed E-state index contributed by atoms with van der Waals surface area (Å²) >= 11 is 0. The second-order valence-electron chi connectivity index (χ2n) is 6.55. The first-order valence-corrected chi connectivity index (χ1v) is 10.3. The van der Waals surface area contributed by atoms with E-state index in [0.29, 0.717) is 17.2 Å². The molecule has 3 N–H and O–H groups in total. The van der Waals surface area contributed by atoms with E-state index in [9.17, 15) is 13.2 Å². The van der Waals surface area contributed by atoms with Crippen molar-refractivity contribution in [2.24, 2.45) is 0 Å². The highest BCUT2D eigenvalue weighted by molar-refractivity contribution is 7.92. The summed E-state index contributed by atoms with van der Waals surface area (Å²) in [6.07, 6.45) is 0. The topological polar surface area (TPSA) is 104 Å². The highest BCUT2D eigenvalue weighted by atomic mass is 32.2. The number of aryl methyl sites for hydroxylation is 1. The Morgan fingerprint density at radius 3 is 2.31 bits per heavy atom. The van der Waals surface area contributed by atoms with Gasteiger partial charge in [-0.2, -0.15) is 0 Å². The fraction of sp³-hybridized carbons (Fsp3) is 0.0476. The van der Waals surface area contributed by atoms with Gasteiger partial charge in [-0.05, 0) is 55.5 Å². The molecular weight excluding hydrogens is 388 g/mol. The minimum Gasteiger partial charge on any atom is -0.324 e. The summed E-state index contributed by atoms with van der Waals surface area (Å²) in [5.41, 5.74) is 3.38. The highest BCUT2D eigenvalue weighted by Crippen LogP contribution is 2.18. The van der Waals surface area contributed by atoms with Crippen molar-refractivity contribution in [3.8, 4) is 0 Å². The van der Waals surface area contributed by atoms with Crippen LogP contribution in [0.15, 0.2) is 77.7 Å². The summed E-state index contributed by atoms with van der Waals surface area (Å²) in [5.74, 6) is -0.0616. The van der Waals surface area contributed by atoms with Crippen LogP contribution in [0.3, 0.4) is 0 Å². The number of rotatable bonds is 5. The van der Waals surface area contributed by atoms with Gasteiger partial charge in [-0.3, -0.25) is 14.8 Å². The zero-order chi connectivity index (χ0) is 20.4. The third-order valence-corrected chi connectivity index (χ3v) is 5.75. The summed E-state index contributed by atoms with van der Waals surface area (Å²) in [7, 11) is -3.75. The lowest BCUT2D eigenvalue weighted by molar-refractivity contribution is 0.102. The molecule has 3 aromatic carbocycles. The number of H-pyrrole nitrogens is 1. The van der Waals surface area contributed by atoms with E-state index >= 15 is 0 Å². The van der Waals surface area contributed by atoms with Crippen molar-refractivity contribution in [3.63, 3.8) is 0 Å². The van der Waals surface area contributed by atoms with E-state index in [1.165, 1.54) is 24.3 Å². The zero-order valence-corrected chi connectivity index (χ0v) is 16.3. The van der Waals surface area contributed by atoms with Crippen molar-refractivity contribution in [1.29, 1.82) is 0 Å². The molecule has 146 valence electrons. The number of amides is 1. The summed E-state index contributed by atoms with van der Waals surface area (Å²) in [5, 5.41) is 2.68. The van der Waals surface area contributed by atoms with Gasteiger partial charge in [-0.25, -0.2) is 13.4 Å². The van der Waals surface area contributed by atoms with Gasteiger partial charge in [0.15, 0.2) is 0 Å². The van der Waals surface area contributed by atoms with Crippen LogP contribution in [0, 0.1) is 6.92 Å². The Kier molecular flexibility index (Phi) is 4.77. The second-order valence-corrected chi connectivity index (χ2v) is 8.23. The Morgan fingerprint density at radius 1 is 0.931 bits per heavy atom. The number of aromatic nitrogens is 2. The number of hydrogen-bond acceptors (Lipinski definition) is 4. The molecule has 0 saturated carbocycles. The molecule has 4 rings (SSSR count). The number of carbonyl (C=O) groups is 1. The molecule has 1 amide bonds. The van der Waals surface area contributed by atoms with Gasteiger partial charge >= 0.3 is 0 Å². The predicted molar refractivity (Wildman–Crippen MR) is 112 cm³/mol. The number of aromatic amines is 1. The Balaban J connectivity index is 1.49. The van der Waals surface area contributed by atoms with Gasteiger partial charge in [0.25, 0.3) is 15.9 Å². The van der Waals surface area contributed by atoms with E-state index < -0.39 is 10.0 Å². The SMILES string of the molecule is Cc1ccc(NS(=O)(=O)c2ccc(C(=O)Nc3nc4ccccc4[nH]3)cc2)cc1. The standard InChI is InChI=1S/C21H18N4O3S/c1-14-6-10-16(11-7-14)25-29(27,28)17-12-8-15(9-13-17)20(26)24-21-22-18-4-2-3-5-19(18)23-21/h2-13,25H,1H3,(H2,22,23,24,26). The molecule has 0 atom stereocenters. The molecule has 0 unspecified atom stereocenters. The van der Waals surface area contributed by atoms with Crippen LogP contribution in [0.4, 0.5) is 11.6 Å². The lowest BCUT2D eigenvalue weighted by atomic mass is 10.2. The van der Waals surface area contributed by atoms with Crippen LogP contribution in [0.2, 0.25) is 0 Å². The molecule has 8 heteroatoms. The van der Waals surface area contributed by atoms with E-state index in [1.54, 1.807) is 12.1 Å². The van der Waals surface area contributed by atoms with Crippen LogP contribution in [-0.4, -0.2) is 24.3 Å². The quantitative estimate of drug-likeness (QED) is 0.467. The lowest BCUT2D eigenvalue weighted by Gasteiger charge is -2.09. The molecule has 0 saturated heterocycles. The molecule has 4 aromatic rings. The van der Waals surface area contributed by atoms with Crippen molar-refractivity contribution < 1.29 is 13.2 Å². The van der Waals surface area contributed by atoms with Crippen molar-refractivity contribution in [2.75, 3.05) is 10.0 Å². The summed E-state index contributed by atoms with van der Waals surface area (Å²) in [4.78, 5) is 19.8. The fourth-order valence-electron chi connectivity index (χ4n) is 2.81. The lowest BCUT2D eigenvalue weighted by Crippen LogP contribution is -2.15. The fourth-order valence-corrected chi connectivity index (χ4v) is 3.87. The van der Waals surface area contributed by atoms with Gasteiger partial charge in [0.1, 0.15) is 0 Å². The number of sulfonamides is 1. The molecule has 29 heavy (non-hydrogen) atoms. The maximum Gasteiger partial charge on any atom is 0.261 e. The van der Waals surface area contributed by atoms with Gasteiger partial charge in [0, 0.05) is 11.3 Å². The molecule has 0 spiro atoms. The third-order valence-electron chi connectivity index (χ3n) is 4.35. The van der Waals surface area contributed by atoms with Crippen molar-refractivity contribution in [3.05, 3.63) is 83.9 Å². The number of hydrogen-bond donors (Lipinski definition) is 3. The molecule has 0 fully saturated rings. The van der Waals surface area contributed by atoms with Crippen LogP contribution in [-0.2, 0) is 10.0 Å². The Hall–Kier alpha value is -3.65. The van der Waals surface area contributed by atoms with Gasteiger partial charge in [0.05, 0.1) is 15.9 Å². The molecule has 1 aromatic heterocycles. The average Bonchev–Trinajstić information content (AvgIpc) is 3.12. The molecule has 0 radical (unpaired) electrons. The highest BCUT2D eigenvalue weighted by Gasteiger charge is 2.16. The van der Waals surface area contributed by atoms with Crippen molar-refractivity contribution >= 4 is 38.6 Å². The largest absolute Gasteiger partial charge is 0.324 e. The number of fused-ring (bicyclic) bond motifs is 1. The summed E-state index contributed by atoms with van der Waals surface area (Å²) in [6, 6.07) is 20.2. The van der Waals surface area contributed by atoms with Gasteiger partial charge in [-0.1, -0.05) is 29.8 Å². The van der Waals surface area contributed by atoms with Crippen molar-refractivity contribution in [1.82, 2.24) is 9.97 Å².